The summed E-state index contributed by atoms with van der Waals surface area (Å²) in [4.78, 5) is 28.4. The van der Waals surface area contributed by atoms with Gasteiger partial charge in [0.1, 0.15) is 23.9 Å². The van der Waals surface area contributed by atoms with E-state index in [0.717, 1.165) is 4.90 Å². The van der Waals surface area contributed by atoms with Gasteiger partial charge in [0.2, 0.25) is 0 Å². The third kappa shape index (κ3) is 4.83. The summed E-state index contributed by atoms with van der Waals surface area (Å²) in [6.07, 6.45) is 1.62. The molecule has 1 fully saturated rings. The molecule has 2 N–H and O–H groups in total. The van der Waals surface area contributed by atoms with Gasteiger partial charge in [-0.15, -0.1) is 0 Å². The number of carbonyl (C=O) groups is 2. The molecule has 7 heteroatoms. The second kappa shape index (κ2) is 9.57. The van der Waals surface area contributed by atoms with Crippen molar-refractivity contribution < 1.29 is 28.7 Å². The molecule has 0 bridgehead atoms. The maximum Gasteiger partial charge on any atom is 0.295 e. The number of ether oxygens (including phenoxy) is 1. The molecule has 6 nitrogen and oxygen atoms in total. The van der Waals surface area contributed by atoms with Gasteiger partial charge in [0, 0.05) is 5.56 Å². The van der Waals surface area contributed by atoms with Crippen LogP contribution in [0, 0.1) is 5.82 Å². The molecular formula is C24H26FN2O4+. The van der Waals surface area contributed by atoms with Gasteiger partial charge in [-0.2, -0.15) is 0 Å². The maximum absolute atomic E-state index is 13.3. The molecule has 0 saturated carbocycles. The predicted octanol–water partition coefficient (Wildman–Crippen LogP) is 1.96. The number of aliphatic hydroxyl groups is 1. The van der Waals surface area contributed by atoms with E-state index in [0.29, 0.717) is 31.0 Å². The largest absolute Gasteiger partial charge is 0.507 e. The number of hydrogen-bond donors (Lipinski definition) is 2. The minimum Gasteiger partial charge on any atom is -0.507 e. The number of nitrogens with one attached hydrogen (secondary N) is 1. The van der Waals surface area contributed by atoms with Crippen LogP contribution in [0.1, 0.15) is 17.2 Å². The molecular weight excluding hydrogens is 399 g/mol. The van der Waals surface area contributed by atoms with Crippen molar-refractivity contribution in [3.8, 4) is 5.75 Å². The molecule has 0 aromatic heterocycles. The predicted molar refractivity (Wildman–Crippen MR) is 115 cm³/mol. The number of nitrogens with zero attached hydrogens (tertiary/aromatic N) is 1. The molecule has 1 saturated heterocycles. The van der Waals surface area contributed by atoms with Crippen LogP contribution in [-0.2, 0) is 9.59 Å². The van der Waals surface area contributed by atoms with Crippen LogP contribution in [0.3, 0.4) is 0 Å². The number of rotatable bonds is 8. The van der Waals surface area contributed by atoms with Crippen LogP contribution >= 0.6 is 0 Å². The monoisotopic (exact) mass is 425 g/mol. The first-order valence-electron chi connectivity index (χ1n) is 10.0. The Morgan fingerprint density at radius 2 is 1.94 bits per heavy atom. The molecule has 162 valence electrons. The lowest BCUT2D eigenvalue weighted by molar-refractivity contribution is -0.857. The van der Waals surface area contributed by atoms with Crippen LogP contribution in [0.25, 0.3) is 5.76 Å². The van der Waals surface area contributed by atoms with Gasteiger partial charge < -0.3 is 19.6 Å². The third-order valence-electron chi connectivity index (χ3n) is 5.05. The standard InChI is InChI=1S/C24H25FN2O4/c1-4-14-31-19-7-5-6-17(15-19)21-20(22(28)16-8-10-18(25)11-9-16)23(29)24(30)27(21)13-12-26(2)3/h4-11,15,21,28H,1,12-14H2,2-3H3/p+1/b22-20-/t21-/m1/s1. The number of likely N-dealkylation sites (N-methyl/N-ethyl adjacent to an activating group) is 1. The maximum atomic E-state index is 13.3. The highest BCUT2D eigenvalue weighted by atomic mass is 19.1. The molecule has 0 unspecified atom stereocenters. The van der Waals surface area contributed by atoms with E-state index in [1.807, 2.05) is 14.1 Å². The van der Waals surface area contributed by atoms with E-state index >= 15 is 0 Å². The molecule has 2 aromatic rings. The molecule has 1 amide bonds. The lowest BCUT2D eigenvalue weighted by Gasteiger charge is -2.26. The lowest BCUT2D eigenvalue weighted by atomic mass is 9.95. The van der Waals surface area contributed by atoms with Gasteiger partial charge in [0.15, 0.2) is 0 Å². The zero-order valence-corrected chi connectivity index (χ0v) is 17.6. The van der Waals surface area contributed by atoms with E-state index < -0.39 is 23.5 Å². The number of benzene rings is 2. The summed E-state index contributed by atoms with van der Waals surface area (Å²) in [6.45, 7) is 4.89. The van der Waals surface area contributed by atoms with Crippen molar-refractivity contribution in [2.24, 2.45) is 0 Å². The van der Waals surface area contributed by atoms with Gasteiger partial charge in [-0.25, -0.2) is 4.39 Å². The number of ketones is 1. The van der Waals surface area contributed by atoms with Crippen molar-refractivity contribution in [1.82, 2.24) is 4.90 Å². The SMILES string of the molecule is C=CCOc1cccc([C@@H]2/C(=C(/O)c3ccc(F)cc3)C(=O)C(=O)N2CC[NH+](C)C)c1. The van der Waals surface area contributed by atoms with E-state index in [-0.39, 0.29) is 16.9 Å². The molecule has 2 aromatic carbocycles. The lowest BCUT2D eigenvalue weighted by Crippen LogP contribution is -3.06. The molecule has 1 heterocycles. The Labute approximate surface area is 180 Å². The smallest absolute Gasteiger partial charge is 0.295 e. The number of halogens is 1. The Morgan fingerprint density at radius 1 is 1.23 bits per heavy atom. The minimum atomic E-state index is -0.781. The van der Waals surface area contributed by atoms with E-state index in [4.69, 9.17) is 4.74 Å². The third-order valence-corrected chi connectivity index (χ3v) is 5.05. The number of aliphatic hydroxyl groups excluding tert-OH is 1. The second-order valence-electron chi connectivity index (χ2n) is 7.63. The fraction of sp³-hybridized carbons (Fsp3) is 0.250. The first kappa shape index (κ1) is 22.2. The van der Waals surface area contributed by atoms with E-state index in [2.05, 4.69) is 6.58 Å². The first-order chi connectivity index (χ1) is 14.8. The van der Waals surface area contributed by atoms with E-state index in [1.54, 1.807) is 30.3 Å². The molecule has 0 radical (unpaired) electrons. The first-order valence-corrected chi connectivity index (χ1v) is 10.0. The summed E-state index contributed by atoms with van der Waals surface area (Å²) in [7, 11) is 3.90. The van der Waals surface area contributed by atoms with Crippen molar-refractivity contribution in [3.05, 3.63) is 83.7 Å². The van der Waals surface area contributed by atoms with E-state index in [1.165, 1.54) is 29.2 Å². The van der Waals surface area contributed by atoms with Crippen LogP contribution < -0.4 is 9.64 Å². The van der Waals surface area contributed by atoms with Crippen molar-refractivity contribution in [2.75, 3.05) is 33.8 Å². The average molecular weight is 425 g/mol. The van der Waals surface area contributed by atoms with Gasteiger partial charge in [-0.1, -0.05) is 24.8 Å². The van der Waals surface area contributed by atoms with Crippen LogP contribution in [0.15, 0.2) is 66.8 Å². The van der Waals surface area contributed by atoms with Crippen molar-refractivity contribution >= 4 is 17.4 Å². The molecule has 0 aliphatic carbocycles. The summed E-state index contributed by atoms with van der Waals surface area (Å²) in [6, 6.07) is 11.4. The number of hydrogen-bond acceptors (Lipinski definition) is 4. The normalized spacial score (nSPS) is 17.9. The van der Waals surface area contributed by atoms with Crippen molar-refractivity contribution in [3.63, 3.8) is 0 Å². The number of likely N-dealkylation sites (tertiary alicyclic amines) is 1. The average Bonchev–Trinajstić information content (AvgIpc) is 3.01. The Bertz CT molecular complexity index is 1010. The number of carbonyl (C=O) groups excluding carboxylic acids is 2. The second-order valence-corrected chi connectivity index (χ2v) is 7.63. The Kier molecular flexibility index (Phi) is 6.87. The van der Waals surface area contributed by atoms with Crippen LogP contribution in [-0.4, -0.2) is 55.5 Å². The Balaban J connectivity index is 2.12. The number of quaternary nitrogens is 1. The summed E-state index contributed by atoms with van der Waals surface area (Å²) < 4.78 is 18.9. The molecule has 3 rings (SSSR count). The van der Waals surface area contributed by atoms with E-state index in [9.17, 15) is 19.1 Å². The summed E-state index contributed by atoms with van der Waals surface area (Å²) in [5.74, 6) is -1.68. The van der Waals surface area contributed by atoms with Crippen LogP contribution in [0.5, 0.6) is 5.75 Å². The van der Waals surface area contributed by atoms with Gasteiger partial charge in [-0.05, 0) is 42.0 Å². The molecule has 1 aliphatic heterocycles. The zero-order valence-electron chi connectivity index (χ0n) is 17.6. The fourth-order valence-corrected chi connectivity index (χ4v) is 3.49. The van der Waals surface area contributed by atoms with Gasteiger partial charge in [0.25, 0.3) is 11.7 Å². The highest BCUT2D eigenvalue weighted by molar-refractivity contribution is 6.46. The van der Waals surface area contributed by atoms with Crippen molar-refractivity contribution in [1.29, 1.82) is 0 Å². The molecule has 0 spiro atoms. The summed E-state index contributed by atoms with van der Waals surface area (Å²) in [5, 5.41) is 10.9. The molecule has 1 aliphatic rings. The summed E-state index contributed by atoms with van der Waals surface area (Å²) in [5.41, 5.74) is 0.881. The Hall–Kier alpha value is -3.45. The quantitative estimate of drug-likeness (QED) is 0.294. The number of amides is 1. The highest BCUT2D eigenvalue weighted by Gasteiger charge is 2.46. The topological polar surface area (TPSA) is 71.3 Å². The Morgan fingerprint density at radius 3 is 2.58 bits per heavy atom. The number of Topliss-reactive ketones (excluding diaryl/α,β-unsaturated/α-hetero) is 1. The summed E-state index contributed by atoms with van der Waals surface area (Å²) >= 11 is 0. The van der Waals surface area contributed by atoms with Gasteiger partial charge in [0.05, 0.1) is 38.8 Å². The van der Waals surface area contributed by atoms with Crippen LogP contribution in [0.4, 0.5) is 4.39 Å². The molecule has 1 atom stereocenters. The van der Waals surface area contributed by atoms with Crippen molar-refractivity contribution in [2.45, 2.75) is 6.04 Å². The highest BCUT2D eigenvalue weighted by Crippen LogP contribution is 2.40. The zero-order chi connectivity index (χ0) is 22.5. The minimum absolute atomic E-state index is 0.0220. The van der Waals surface area contributed by atoms with Gasteiger partial charge >= 0.3 is 0 Å². The van der Waals surface area contributed by atoms with Gasteiger partial charge in [-0.3, -0.25) is 9.59 Å². The molecule has 31 heavy (non-hydrogen) atoms. The fourth-order valence-electron chi connectivity index (χ4n) is 3.49. The van der Waals surface area contributed by atoms with Crippen LogP contribution in [0.2, 0.25) is 0 Å².